The second-order valence-corrected chi connectivity index (χ2v) is 5.86. The van der Waals surface area contributed by atoms with E-state index < -0.39 is 0 Å². The molecule has 0 atom stereocenters. The highest BCUT2D eigenvalue weighted by molar-refractivity contribution is 5.96. The highest BCUT2D eigenvalue weighted by atomic mass is 16.5. The van der Waals surface area contributed by atoms with E-state index in [4.69, 9.17) is 10.00 Å². The predicted molar refractivity (Wildman–Crippen MR) is 79.9 cm³/mol. The summed E-state index contributed by atoms with van der Waals surface area (Å²) in [6.07, 6.45) is 2.69. The van der Waals surface area contributed by atoms with Crippen LogP contribution in [0.2, 0.25) is 0 Å². The van der Waals surface area contributed by atoms with Gasteiger partial charge in [-0.05, 0) is 64.7 Å². The van der Waals surface area contributed by atoms with Gasteiger partial charge >= 0.3 is 0 Å². The summed E-state index contributed by atoms with van der Waals surface area (Å²) >= 11 is 0. The third-order valence-corrected chi connectivity index (χ3v) is 3.27. The van der Waals surface area contributed by atoms with E-state index in [1.807, 2.05) is 39.0 Å². The normalized spacial score (nSPS) is 10.9. The average Bonchev–Trinajstić information content (AvgIpc) is 2.38. The minimum absolute atomic E-state index is 0.0191. The van der Waals surface area contributed by atoms with Gasteiger partial charge in [-0.25, -0.2) is 0 Å². The summed E-state index contributed by atoms with van der Waals surface area (Å²) in [4.78, 5) is 11.5. The Balaban J connectivity index is 2.49. The third kappa shape index (κ3) is 5.05. The van der Waals surface area contributed by atoms with Gasteiger partial charge < -0.3 is 4.74 Å². The summed E-state index contributed by atoms with van der Waals surface area (Å²) in [7, 11) is 0. The molecule has 20 heavy (non-hydrogen) atoms. The lowest BCUT2D eigenvalue weighted by Crippen LogP contribution is -2.09. The zero-order valence-electron chi connectivity index (χ0n) is 12.8. The van der Waals surface area contributed by atoms with Crippen LogP contribution in [0.25, 0.3) is 0 Å². The molecule has 0 saturated carbocycles. The molecule has 108 valence electrons. The van der Waals surface area contributed by atoms with E-state index in [1.54, 1.807) is 6.92 Å². The van der Waals surface area contributed by atoms with Gasteiger partial charge in [-0.15, -0.1) is 0 Å². The first-order chi connectivity index (χ1) is 9.35. The summed E-state index contributed by atoms with van der Waals surface area (Å²) in [6.45, 7) is 7.99. The molecule has 0 N–H and O–H groups in total. The molecule has 0 fully saturated rings. The number of Topliss-reactive ketones (excluding diaryl/α,β-unsaturated/α-hetero) is 1. The lowest BCUT2D eigenvalue weighted by atomic mass is 9.89. The Kier molecular flexibility index (Phi) is 5.76. The number of rotatable bonds is 7. The van der Waals surface area contributed by atoms with Crippen molar-refractivity contribution in [1.82, 2.24) is 0 Å². The number of hydrogen-bond donors (Lipinski definition) is 0. The summed E-state index contributed by atoms with van der Waals surface area (Å²) < 4.78 is 5.72. The van der Waals surface area contributed by atoms with Crippen LogP contribution in [-0.4, -0.2) is 12.4 Å². The lowest BCUT2D eigenvalue weighted by molar-refractivity contribution is 0.101. The van der Waals surface area contributed by atoms with Gasteiger partial charge in [-0.2, -0.15) is 5.26 Å². The zero-order valence-corrected chi connectivity index (χ0v) is 12.8. The predicted octanol–water partition coefficient (Wildman–Crippen LogP) is 4.30. The van der Waals surface area contributed by atoms with Crippen molar-refractivity contribution in [2.75, 3.05) is 6.61 Å². The third-order valence-electron chi connectivity index (χ3n) is 3.27. The van der Waals surface area contributed by atoms with Crippen molar-refractivity contribution in [2.24, 2.45) is 5.41 Å². The summed E-state index contributed by atoms with van der Waals surface area (Å²) in [6, 6.07) is 7.92. The van der Waals surface area contributed by atoms with Crippen LogP contribution in [0.15, 0.2) is 18.2 Å². The zero-order chi connectivity index (χ0) is 15.2. The number of nitriles is 1. The van der Waals surface area contributed by atoms with Gasteiger partial charge in [0.15, 0.2) is 5.78 Å². The van der Waals surface area contributed by atoms with Gasteiger partial charge in [0.25, 0.3) is 0 Å². The fourth-order valence-electron chi connectivity index (χ4n) is 1.95. The van der Waals surface area contributed by atoms with Crippen molar-refractivity contribution in [1.29, 1.82) is 5.26 Å². The maximum absolute atomic E-state index is 11.5. The lowest BCUT2D eigenvalue weighted by Gasteiger charge is -2.15. The van der Waals surface area contributed by atoms with E-state index in [0.717, 1.165) is 24.8 Å². The molecule has 0 saturated heterocycles. The van der Waals surface area contributed by atoms with Gasteiger partial charge in [0.2, 0.25) is 0 Å². The molecule has 1 rings (SSSR count). The maximum atomic E-state index is 11.5. The van der Waals surface area contributed by atoms with Crippen LogP contribution in [0.1, 0.15) is 56.0 Å². The van der Waals surface area contributed by atoms with E-state index in [-0.39, 0.29) is 11.2 Å². The Morgan fingerprint density at radius 2 is 2.05 bits per heavy atom. The molecule has 0 aliphatic heterocycles. The number of benzene rings is 1. The first-order valence-electron chi connectivity index (χ1n) is 7.01. The molecule has 0 aliphatic carbocycles. The average molecular weight is 273 g/mol. The molecule has 0 spiro atoms. The van der Waals surface area contributed by atoms with Crippen molar-refractivity contribution in [3.05, 3.63) is 29.3 Å². The second kappa shape index (κ2) is 7.09. The molecule has 0 bridgehead atoms. The van der Waals surface area contributed by atoms with Crippen LogP contribution in [0.4, 0.5) is 0 Å². The number of ether oxygens (including phenoxy) is 1. The molecular formula is C17H23NO2. The first-order valence-corrected chi connectivity index (χ1v) is 7.01. The Labute approximate surface area is 121 Å². The van der Waals surface area contributed by atoms with Crippen molar-refractivity contribution in [2.45, 2.75) is 47.0 Å². The molecule has 0 aliphatic rings. The molecule has 0 amide bonds. The van der Waals surface area contributed by atoms with Gasteiger partial charge in [-0.3, -0.25) is 4.79 Å². The molecule has 0 heterocycles. The highest BCUT2D eigenvalue weighted by Gasteiger charge is 2.15. The Morgan fingerprint density at radius 1 is 1.35 bits per heavy atom. The van der Waals surface area contributed by atoms with Gasteiger partial charge in [-0.1, -0.05) is 6.07 Å². The Morgan fingerprint density at radius 3 is 2.65 bits per heavy atom. The highest BCUT2D eigenvalue weighted by Crippen LogP contribution is 2.23. The number of carbonyl (C=O) groups excluding carboxylic acids is 1. The molecular weight excluding hydrogens is 250 g/mol. The number of nitrogens with zero attached hydrogens (tertiary/aromatic N) is 1. The fraction of sp³-hybridized carbons (Fsp3) is 0.529. The standard InChI is InChI=1S/C17H23NO2/c1-13-7-8-15(14(2)19)16(11-13)20-10-6-5-9-17(3,4)12-18/h7-8,11H,5-6,9-10H2,1-4H3. The number of hydrogen-bond acceptors (Lipinski definition) is 3. The molecule has 0 unspecified atom stereocenters. The van der Waals surface area contributed by atoms with Crippen LogP contribution in [0.5, 0.6) is 5.75 Å². The van der Waals surface area contributed by atoms with Crippen LogP contribution >= 0.6 is 0 Å². The summed E-state index contributed by atoms with van der Waals surface area (Å²) in [5.74, 6) is 0.683. The quantitative estimate of drug-likeness (QED) is 0.550. The van der Waals surface area contributed by atoms with Crippen molar-refractivity contribution >= 4 is 5.78 Å². The molecule has 1 aromatic rings. The van der Waals surface area contributed by atoms with Gasteiger partial charge in [0.05, 0.1) is 23.7 Å². The fourth-order valence-corrected chi connectivity index (χ4v) is 1.95. The molecule has 1 aromatic carbocycles. The maximum Gasteiger partial charge on any atom is 0.163 e. The van der Waals surface area contributed by atoms with E-state index in [1.165, 1.54) is 0 Å². The molecule has 0 radical (unpaired) electrons. The number of aryl methyl sites for hydroxylation is 1. The summed E-state index contributed by atoms with van der Waals surface area (Å²) in [5, 5.41) is 8.94. The molecule has 0 aromatic heterocycles. The van der Waals surface area contributed by atoms with E-state index in [2.05, 4.69) is 6.07 Å². The Hall–Kier alpha value is -1.82. The van der Waals surface area contributed by atoms with E-state index >= 15 is 0 Å². The van der Waals surface area contributed by atoms with Crippen molar-refractivity contribution < 1.29 is 9.53 Å². The second-order valence-electron chi connectivity index (χ2n) is 5.86. The van der Waals surface area contributed by atoms with Crippen molar-refractivity contribution in [3.63, 3.8) is 0 Å². The van der Waals surface area contributed by atoms with Gasteiger partial charge in [0.1, 0.15) is 5.75 Å². The van der Waals surface area contributed by atoms with Crippen LogP contribution in [-0.2, 0) is 0 Å². The monoisotopic (exact) mass is 273 g/mol. The minimum Gasteiger partial charge on any atom is -0.493 e. The van der Waals surface area contributed by atoms with E-state index in [9.17, 15) is 4.79 Å². The largest absolute Gasteiger partial charge is 0.493 e. The Bertz CT molecular complexity index is 512. The van der Waals surface area contributed by atoms with Gasteiger partial charge in [0, 0.05) is 0 Å². The van der Waals surface area contributed by atoms with Crippen LogP contribution in [0, 0.1) is 23.7 Å². The van der Waals surface area contributed by atoms with E-state index in [0.29, 0.717) is 17.9 Å². The molecule has 3 heteroatoms. The van der Waals surface area contributed by atoms with Crippen LogP contribution in [0.3, 0.4) is 0 Å². The van der Waals surface area contributed by atoms with Crippen LogP contribution < -0.4 is 4.74 Å². The number of ketones is 1. The van der Waals surface area contributed by atoms with Crippen molar-refractivity contribution in [3.8, 4) is 11.8 Å². The topological polar surface area (TPSA) is 50.1 Å². The first kappa shape index (κ1) is 16.2. The SMILES string of the molecule is CC(=O)c1ccc(C)cc1OCCCCC(C)(C)C#N. The minimum atomic E-state index is -0.270. The number of unbranched alkanes of at least 4 members (excludes halogenated alkanes) is 1. The molecule has 3 nitrogen and oxygen atoms in total. The smallest absolute Gasteiger partial charge is 0.163 e. The number of carbonyl (C=O) groups is 1. The summed E-state index contributed by atoms with van der Waals surface area (Å²) in [5.41, 5.74) is 1.44.